The second-order valence-electron chi connectivity index (χ2n) is 6.79. The van der Waals surface area contributed by atoms with Gasteiger partial charge in [0.05, 0.1) is 6.20 Å². The van der Waals surface area contributed by atoms with Crippen molar-refractivity contribution in [3.8, 4) is 0 Å². The normalized spacial score (nSPS) is 41.3. The van der Waals surface area contributed by atoms with Crippen LogP contribution in [0.5, 0.6) is 0 Å². The fourth-order valence-electron chi connectivity index (χ4n) is 4.60. The number of aliphatic hydroxyl groups is 1. The summed E-state index contributed by atoms with van der Waals surface area (Å²) in [4.78, 5) is 3.79. The van der Waals surface area contributed by atoms with Crippen molar-refractivity contribution >= 4 is 0 Å². The first-order chi connectivity index (χ1) is 8.33. The highest BCUT2D eigenvalue weighted by molar-refractivity contribution is 5.32. The summed E-state index contributed by atoms with van der Waals surface area (Å²) in [6, 6.07) is 1.64. The van der Waals surface area contributed by atoms with Crippen LogP contribution in [0.15, 0.2) is 18.5 Å². The SMILES string of the molecule is CC12CCC(C1)C(C)(C)C2(O)c1ccncc1F. The Morgan fingerprint density at radius 1 is 1.39 bits per heavy atom. The molecule has 2 aliphatic carbocycles. The quantitative estimate of drug-likeness (QED) is 0.828. The second-order valence-corrected chi connectivity index (χ2v) is 6.79. The van der Waals surface area contributed by atoms with E-state index >= 15 is 0 Å². The first-order valence-electron chi connectivity index (χ1n) is 6.65. The number of hydrogen-bond acceptors (Lipinski definition) is 2. The van der Waals surface area contributed by atoms with Gasteiger partial charge in [-0.25, -0.2) is 4.39 Å². The van der Waals surface area contributed by atoms with Gasteiger partial charge in [0.25, 0.3) is 0 Å². The molecule has 3 heteroatoms. The van der Waals surface area contributed by atoms with E-state index in [1.807, 2.05) is 0 Å². The molecule has 1 aromatic rings. The topological polar surface area (TPSA) is 33.1 Å². The van der Waals surface area contributed by atoms with Gasteiger partial charge in [0.15, 0.2) is 0 Å². The molecule has 2 bridgehead atoms. The molecule has 3 unspecified atom stereocenters. The zero-order valence-corrected chi connectivity index (χ0v) is 11.2. The molecule has 1 heterocycles. The highest BCUT2D eigenvalue weighted by atomic mass is 19.1. The molecule has 18 heavy (non-hydrogen) atoms. The smallest absolute Gasteiger partial charge is 0.147 e. The highest BCUT2D eigenvalue weighted by Gasteiger charge is 2.69. The standard InChI is InChI=1S/C15H20FNO/c1-13(2)10-4-6-14(3,8-10)15(13,18)11-5-7-17-9-12(11)16/h5,7,9-10,18H,4,6,8H2,1-3H3. The Kier molecular flexibility index (Phi) is 2.23. The third-order valence-electron chi connectivity index (χ3n) is 5.73. The summed E-state index contributed by atoms with van der Waals surface area (Å²) in [5, 5.41) is 11.4. The average Bonchev–Trinajstić information content (AvgIpc) is 2.78. The molecule has 0 saturated heterocycles. The van der Waals surface area contributed by atoms with Crippen LogP contribution in [-0.2, 0) is 5.60 Å². The molecule has 0 aromatic carbocycles. The van der Waals surface area contributed by atoms with Gasteiger partial charge in [-0.05, 0) is 31.2 Å². The van der Waals surface area contributed by atoms with Crippen LogP contribution >= 0.6 is 0 Å². The number of rotatable bonds is 1. The van der Waals surface area contributed by atoms with Crippen LogP contribution in [0.25, 0.3) is 0 Å². The van der Waals surface area contributed by atoms with Crippen LogP contribution in [0.2, 0.25) is 0 Å². The van der Waals surface area contributed by atoms with Gasteiger partial charge in [0, 0.05) is 22.6 Å². The lowest BCUT2D eigenvalue weighted by atomic mass is 9.58. The molecule has 1 N–H and O–H groups in total. The summed E-state index contributed by atoms with van der Waals surface area (Å²) in [6.45, 7) is 6.24. The molecule has 2 fully saturated rings. The van der Waals surface area contributed by atoms with Gasteiger partial charge < -0.3 is 5.11 Å². The van der Waals surface area contributed by atoms with E-state index in [0.29, 0.717) is 11.5 Å². The number of fused-ring (bicyclic) bond motifs is 2. The van der Waals surface area contributed by atoms with E-state index in [2.05, 4.69) is 25.8 Å². The summed E-state index contributed by atoms with van der Waals surface area (Å²) in [6.07, 6.45) is 5.87. The van der Waals surface area contributed by atoms with Crippen molar-refractivity contribution < 1.29 is 9.50 Å². The molecule has 2 saturated carbocycles. The summed E-state index contributed by atoms with van der Waals surface area (Å²) >= 11 is 0. The molecule has 0 amide bonds. The van der Waals surface area contributed by atoms with Gasteiger partial charge in [-0.15, -0.1) is 0 Å². The minimum absolute atomic E-state index is 0.219. The van der Waals surface area contributed by atoms with E-state index in [1.54, 1.807) is 12.3 Å². The Balaban J connectivity index is 2.23. The van der Waals surface area contributed by atoms with Gasteiger partial charge in [-0.2, -0.15) is 0 Å². The van der Waals surface area contributed by atoms with E-state index in [9.17, 15) is 9.50 Å². The summed E-state index contributed by atoms with van der Waals surface area (Å²) < 4.78 is 14.1. The Morgan fingerprint density at radius 2 is 2.11 bits per heavy atom. The molecule has 1 aromatic heterocycles. The second kappa shape index (κ2) is 3.32. The van der Waals surface area contributed by atoms with E-state index < -0.39 is 5.60 Å². The first-order valence-corrected chi connectivity index (χ1v) is 6.65. The van der Waals surface area contributed by atoms with Gasteiger partial charge >= 0.3 is 0 Å². The van der Waals surface area contributed by atoms with Crippen LogP contribution in [0.4, 0.5) is 4.39 Å². The lowest BCUT2D eigenvalue weighted by Crippen LogP contribution is -2.51. The number of hydrogen-bond donors (Lipinski definition) is 1. The van der Waals surface area contributed by atoms with Crippen molar-refractivity contribution in [2.75, 3.05) is 0 Å². The number of halogens is 1. The minimum Gasteiger partial charge on any atom is -0.384 e. The highest BCUT2D eigenvalue weighted by Crippen LogP contribution is 2.71. The van der Waals surface area contributed by atoms with E-state index in [0.717, 1.165) is 19.3 Å². The predicted octanol–water partition coefficient (Wildman–Crippen LogP) is 3.25. The zero-order chi connectivity index (χ0) is 13.2. The van der Waals surface area contributed by atoms with Gasteiger partial charge in [-0.3, -0.25) is 4.98 Å². The molecular weight excluding hydrogens is 229 g/mol. The van der Waals surface area contributed by atoms with Crippen LogP contribution in [-0.4, -0.2) is 10.1 Å². The number of aromatic nitrogens is 1. The Hall–Kier alpha value is -0.960. The summed E-state index contributed by atoms with van der Waals surface area (Å²) in [5.74, 6) is 0.0851. The Morgan fingerprint density at radius 3 is 2.67 bits per heavy atom. The third kappa shape index (κ3) is 1.14. The van der Waals surface area contributed by atoms with Gasteiger partial charge in [0.1, 0.15) is 11.4 Å². The summed E-state index contributed by atoms with van der Waals surface area (Å²) in [7, 11) is 0. The van der Waals surface area contributed by atoms with E-state index in [1.165, 1.54) is 6.20 Å². The molecular formula is C15H20FNO. The van der Waals surface area contributed by atoms with Crippen molar-refractivity contribution in [3.63, 3.8) is 0 Å². The third-order valence-corrected chi connectivity index (χ3v) is 5.73. The monoisotopic (exact) mass is 249 g/mol. The first kappa shape index (κ1) is 12.1. The predicted molar refractivity (Wildman–Crippen MR) is 67.3 cm³/mol. The fraction of sp³-hybridized carbons (Fsp3) is 0.667. The minimum atomic E-state index is -1.09. The average molecular weight is 249 g/mol. The van der Waals surface area contributed by atoms with Gasteiger partial charge in [0.2, 0.25) is 0 Å². The van der Waals surface area contributed by atoms with Crippen LogP contribution in [0.3, 0.4) is 0 Å². The molecule has 2 aliphatic rings. The zero-order valence-electron chi connectivity index (χ0n) is 11.2. The molecule has 3 atom stereocenters. The molecule has 3 rings (SSSR count). The fourth-order valence-corrected chi connectivity index (χ4v) is 4.60. The number of nitrogens with zero attached hydrogens (tertiary/aromatic N) is 1. The maximum absolute atomic E-state index is 14.1. The lowest BCUT2D eigenvalue weighted by Gasteiger charge is -2.51. The van der Waals surface area contributed by atoms with Crippen molar-refractivity contribution in [1.29, 1.82) is 0 Å². The van der Waals surface area contributed by atoms with Crippen molar-refractivity contribution in [2.24, 2.45) is 16.7 Å². The molecule has 0 aliphatic heterocycles. The molecule has 0 radical (unpaired) electrons. The Bertz CT molecular complexity index is 494. The largest absolute Gasteiger partial charge is 0.384 e. The van der Waals surface area contributed by atoms with Gasteiger partial charge in [-0.1, -0.05) is 20.8 Å². The van der Waals surface area contributed by atoms with Crippen molar-refractivity contribution in [2.45, 2.75) is 45.6 Å². The van der Waals surface area contributed by atoms with Crippen molar-refractivity contribution in [1.82, 2.24) is 4.98 Å². The Labute approximate surface area is 107 Å². The molecule has 98 valence electrons. The molecule has 2 nitrogen and oxygen atoms in total. The van der Waals surface area contributed by atoms with E-state index in [4.69, 9.17) is 0 Å². The maximum Gasteiger partial charge on any atom is 0.147 e. The van der Waals surface area contributed by atoms with Crippen molar-refractivity contribution in [3.05, 3.63) is 29.8 Å². The van der Waals surface area contributed by atoms with Crippen LogP contribution < -0.4 is 0 Å². The van der Waals surface area contributed by atoms with Crippen LogP contribution in [0, 0.1) is 22.6 Å². The summed E-state index contributed by atoms with van der Waals surface area (Å²) in [5.41, 5.74) is -1.17. The van der Waals surface area contributed by atoms with Crippen LogP contribution in [0.1, 0.15) is 45.6 Å². The lowest BCUT2D eigenvalue weighted by molar-refractivity contribution is -0.152. The molecule has 0 spiro atoms. The number of pyridine rings is 1. The maximum atomic E-state index is 14.1. The van der Waals surface area contributed by atoms with E-state index in [-0.39, 0.29) is 16.6 Å².